The van der Waals surface area contributed by atoms with Crippen LogP contribution < -0.4 is 10.6 Å². The van der Waals surface area contributed by atoms with Crippen LogP contribution in [0.4, 0.5) is 0 Å². The number of nitrogens with one attached hydrogen (secondary N) is 2. The van der Waals surface area contributed by atoms with E-state index in [2.05, 4.69) is 48.1 Å². The monoisotopic (exact) mass is 326 g/mol. The van der Waals surface area contributed by atoms with Gasteiger partial charge < -0.3 is 10.6 Å². The zero-order valence-corrected chi connectivity index (χ0v) is 15.2. The molecule has 2 amide bonds. The Bertz CT molecular complexity index is 338. The molecule has 23 heavy (non-hydrogen) atoms. The third-order valence-electron chi connectivity index (χ3n) is 3.83. The van der Waals surface area contributed by atoms with E-state index in [9.17, 15) is 9.59 Å². The predicted molar refractivity (Wildman–Crippen MR) is 93.2 cm³/mol. The Balaban J connectivity index is 2.27. The minimum atomic E-state index is 0.0989. The molecule has 0 atom stereocenters. The van der Waals surface area contributed by atoms with Crippen LogP contribution >= 0.6 is 0 Å². The summed E-state index contributed by atoms with van der Waals surface area (Å²) in [7, 11) is 0. The van der Waals surface area contributed by atoms with Gasteiger partial charge in [0.2, 0.25) is 11.8 Å². The molecule has 134 valence electrons. The van der Waals surface area contributed by atoms with Gasteiger partial charge in [-0.2, -0.15) is 0 Å². The maximum Gasteiger partial charge on any atom is 0.234 e. The molecule has 0 radical (unpaired) electrons. The lowest BCUT2D eigenvalue weighted by atomic mass is 10.2. The number of hydrogen-bond acceptors (Lipinski definition) is 4. The van der Waals surface area contributed by atoms with Crippen molar-refractivity contribution in [3.8, 4) is 0 Å². The largest absolute Gasteiger partial charge is 0.355 e. The van der Waals surface area contributed by atoms with Gasteiger partial charge >= 0.3 is 0 Å². The first-order chi connectivity index (χ1) is 10.9. The van der Waals surface area contributed by atoms with Gasteiger partial charge in [-0.05, 0) is 31.3 Å². The van der Waals surface area contributed by atoms with Crippen molar-refractivity contribution in [2.75, 3.05) is 52.4 Å². The van der Waals surface area contributed by atoms with E-state index in [1.165, 1.54) is 0 Å². The molecule has 1 heterocycles. The fourth-order valence-electron chi connectivity index (χ4n) is 2.49. The molecule has 0 aromatic rings. The topological polar surface area (TPSA) is 64.7 Å². The highest BCUT2D eigenvalue weighted by Gasteiger charge is 2.18. The second-order valence-corrected chi connectivity index (χ2v) is 7.30. The van der Waals surface area contributed by atoms with Crippen LogP contribution in [-0.4, -0.2) is 74.0 Å². The van der Waals surface area contributed by atoms with Crippen LogP contribution in [0.25, 0.3) is 0 Å². The van der Waals surface area contributed by atoms with Gasteiger partial charge in [0.15, 0.2) is 0 Å². The highest BCUT2D eigenvalue weighted by molar-refractivity contribution is 5.78. The number of carbonyl (C=O) groups is 2. The average Bonchev–Trinajstić information content (AvgIpc) is 2.68. The summed E-state index contributed by atoms with van der Waals surface area (Å²) in [4.78, 5) is 28.2. The van der Waals surface area contributed by atoms with E-state index >= 15 is 0 Å². The summed E-state index contributed by atoms with van der Waals surface area (Å²) < 4.78 is 0. The molecule has 1 aliphatic heterocycles. The second-order valence-electron chi connectivity index (χ2n) is 7.30. The Morgan fingerprint density at radius 3 is 1.52 bits per heavy atom. The summed E-state index contributed by atoms with van der Waals surface area (Å²) in [5.41, 5.74) is 0. The molecule has 0 spiro atoms. The number of hydrogen-bond donors (Lipinski definition) is 2. The number of amides is 2. The second kappa shape index (κ2) is 10.6. The van der Waals surface area contributed by atoms with E-state index in [-0.39, 0.29) is 11.8 Å². The van der Waals surface area contributed by atoms with Gasteiger partial charge in [-0.1, -0.05) is 27.7 Å². The SMILES string of the molecule is CC(C)CNC(=O)CN1CCCN(CC(=O)NCC(C)C)CC1. The van der Waals surface area contributed by atoms with Crippen molar-refractivity contribution in [3.63, 3.8) is 0 Å². The average molecular weight is 326 g/mol. The van der Waals surface area contributed by atoms with Crippen LogP contribution in [0.3, 0.4) is 0 Å². The van der Waals surface area contributed by atoms with Crippen molar-refractivity contribution in [1.29, 1.82) is 0 Å². The number of nitrogens with zero attached hydrogens (tertiary/aromatic N) is 2. The van der Waals surface area contributed by atoms with Crippen molar-refractivity contribution in [3.05, 3.63) is 0 Å². The third-order valence-corrected chi connectivity index (χ3v) is 3.83. The molecule has 1 fully saturated rings. The van der Waals surface area contributed by atoms with E-state index in [1.807, 2.05) is 0 Å². The summed E-state index contributed by atoms with van der Waals surface area (Å²) in [6.07, 6.45) is 0.995. The summed E-state index contributed by atoms with van der Waals surface area (Å²) in [5, 5.41) is 5.92. The fraction of sp³-hybridized carbons (Fsp3) is 0.882. The minimum Gasteiger partial charge on any atom is -0.355 e. The Morgan fingerprint density at radius 1 is 0.783 bits per heavy atom. The quantitative estimate of drug-likeness (QED) is 0.683. The molecule has 0 unspecified atom stereocenters. The molecule has 1 saturated heterocycles. The Labute approximate surface area is 141 Å². The summed E-state index contributed by atoms with van der Waals surface area (Å²) in [6.45, 7) is 14.3. The lowest BCUT2D eigenvalue weighted by molar-refractivity contribution is -0.123. The predicted octanol–water partition coefficient (Wildman–Crippen LogP) is 0.539. The normalized spacial score (nSPS) is 17.3. The van der Waals surface area contributed by atoms with Gasteiger partial charge in [0.05, 0.1) is 13.1 Å². The van der Waals surface area contributed by atoms with E-state index in [0.29, 0.717) is 24.9 Å². The Hall–Kier alpha value is -1.14. The van der Waals surface area contributed by atoms with Crippen LogP contribution in [0.15, 0.2) is 0 Å². The van der Waals surface area contributed by atoms with E-state index in [0.717, 1.165) is 45.7 Å². The maximum absolute atomic E-state index is 11.9. The molecule has 0 aromatic carbocycles. The zero-order valence-electron chi connectivity index (χ0n) is 15.2. The van der Waals surface area contributed by atoms with Gasteiger partial charge in [-0.15, -0.1) is 0 Å². The summed E-state index contributed by atoms with van der Waals surface area (Å²) in [6, 6.07) is 0. The summed E-state index contributed by atoms with van der Waals surface area (Å²) in [5.74, 6) is 1.15. The smallest absolute Gasteiger partial charge is 0.234 e. The molecule has 0 saturated carbocycles. The van der Waals surface area contributed by atoms with Gasteiger partial charge in [-0.3, -0.25) is 19.4 Å². The summed E-state index contributed by atoms with van der Waals surface area (Å²) >= 11 is 0. The van der Waals surface area contributed by atoms with Crippen molar-refractivity contribution in [1.82, 2.24) is 20.4 Å². The molecular formula is C17H34N4O2. The van der Waals surface area contributed by atoms with E-state index in [1.54, 1.807) is 0 Å². The van der Waals surface area contributed by atoms with Gasteiger partial charge in [0, 0.05) is 26.2 Å². The van der Waals surface area contributed by atoms with Crippen molar-refractivity contribution in [2.24, 2.45) is 11.8 Å². The van der Waals surface area contributed by atoms with Gasteiger partial charge in [0.1, 0.15) is 0 Å². The van der Waals surface area contributed by atoms with E-state index in [4.69, 9.17) is 0 Å². The highest BCUT2D eigenvalue weighted by atomic mass is 16.2. The van der Waals surface area contributed by atoms with Crippen LogP contribution in [0.1, 0.15) is 34.1 Å². The van der Waals surface area contributed by atoms with Crippen LogP contribution in [0.2, 0.25) is 0 Å². The minimum absolute atomic E-state index is 0.0989. The molecule has 0 aromatic heterocycles. The first-order valence-corrected chi connectivity index (χ1v) is 8.85. The standard InChI is InChI=1S/C17H34N4O2/c1-14(2)10-18-16(22)12-20-6-5-7-21(9-8-20)13-17(23)19-11-15(3)4/h14-15H,5-13H2,1-4H3,(H,18,22)(H,19,23). The molecule has 1 aliphatic rings. The molecule has 0 aliphatic carbocycles. The van der Waals surface area contributed by atoms with Gasteiger partial charge in [0.25, 0.3) is 0 Å². The van der Waals surface area contributed by atoms with Crippen molar-refractivity contribution < 1.29 is 9.59 Å². The number of carbonyl (C=O) groups excluding carboxylic acids is 2. The van der Waals surface area contributed by atoms with E-state index < -0.39 is 0 Å². The van der Waals surface area contributed by atoms with Gasteiger partial charge in [-0.25, -0.2) is 0 Å². The lowest BCUT2D eigenvalue weighted by Crippen LogP contribution is -2.42. The third kappa shape index (κ3) is 9.56. The molecule has 2 N–H and O–H groups in total. The lowest BCUT2D eigenvalue weighted by Gasteiger charge is -2.21. The first-order valence-electron chi connectivity index (χ1n) is 8.85. The zero-order chi connectivity index (χ0) is 17.2. The molecular weight excluding hydrogens is 292 g/mol. The van der Waals surface area contributed by atoms with Crippen LogP contribution in [-0.2, 0) is 9.59 Å². The molecule has 0 bridgehead atoms. The molecule has 1 rings (SSSR count). The van der Waals surface area contributed by atoms with Crippen molar-refractivity contribution in [2.45, 2.75) is 34.1 Å². The maximum atomic E-state index is 11.9. The Morgan fingerprint density at radius 2 is 1.17 bits per heavy atom. The molecule has 6 heteroatoms. The first kappa shape index (κ1) is 19.9. The Kier molecular flexibility index (Phi) is 9.17. The van der Waals surface area contributed by atoms with Crippen LogP contribution in [0, 0.1) is 11.8 Å². The van der Waals surface area contributed by atoms with Crippen molar-refractivity contribution >= 4 is 11.8 Å². The number of rotatable bonds is 8. The fourth-order valence-corrected chi connectivity index (χ4v) is 2.49. The molecule has 6 nitrogen and oxygen atoms in total. The highest BCUT2D eigenvalue weighted by Crippen LogP contribution is 2.03. The van der Waals surface area contributed by atoms with Crippen LogP contribution in [0.5, 0.6) is 0 Å².